The minimum atomic E-state index is -1.57. The normalized spacial score (nSPS) is 10.4. The summed E-state index contributed by atoms with van der Waals surface area (Å²) in [7, 11) is 0. The molecule has 3 rings (SSSR count). The maximum absolute atomic E-state index is 13.7. The first-order valence-electron chi connectivity index (χ1n) is 7.26. The van der Waals surface area contributed by atoms with Crippen LogP contribution in [0.2, 0.25) is 0 Å². The first-order valence-corrected chi connectivity index (χ1v) is 7.26. The number of halogens is 3. The van der Waals surface area contributed by atoms with Crippen LogP contribution in [0.25, 0.3) is 0 Å². The summed E-state index contributed by atoms with van der Waals surface area (Å²) in [5, 5.41) is 5.26. The van der Waals surface area contributed by atoms with E-state index in [0.717, 1.165) is 12.1 Å². The third kappa shape index (κ3) is 3.77. The Balaban J connectivity index is 1.80. The van der Waals surface area contributed by atoms with Crippen LogP contribution in [-0.4, -0.2) is 10.9 Å². The molecule has 0 fully saturated rings. The van der Waals surface area contributed by atoms with Crippen molar-refractivity contribution in [1.29, 1.82) is 0 Å². The second-order valence-electron chi connectivity index (χ2n) is 5.13. The molecule has 1 aromatic heterocycles. The number of benzene rings is 2. The number of pyridine rings is 1. The van der Waals surface area contributed by atoms with Gasteiger partial charge >= 0.3 is 0 Å². The van der Waals surface area contributed by atoms with E-state index in [-0.39, 0.29) is 16.9 Å². The van der Waals surface area contributed by atoms with Crippen LogP contribution < -0.4 is 10.6 Å². The molecular weight excluding hydrogens is 331 g/mol. The summed E-state index contributed by atoms with van der Waals surface area (Å²) in [4.78, 5) is 16.1. The number of aromatic nitrogens is 1. The molecule has 0 saturated carbocycles. The lowest BCUT2D eigenvalue weighted by molar-refractivity contribution is 0.102. The lowest BCUT2D eigenvalue weighted by Gasteiger charge is -2.10. The Morgan fingerprint density at radius 2 is 1.64 bits per heavy atom. The number of nitrogens with zero attached hydrogens (tertiary/aromatic N) is 1. The van der Waals surface area contributed by atoms with Crippen LogP contribution in [0.3, 0.4) is 0 Å². The number of carbonyl (C=O) groups excluding carboxylic acids is 1. The minimum Gasteiger partial charge on any atom is -0.352 e. The first kappa shape index (κ1) is 16.5. The molecule has 0 unspecified atom stereocenters. The third-order valence-electron chi connectivity index (χ3n) is 3.35. The summed E-state index contributed by atoms with van der Waals surface area (Å²) in [6.07, 6.45) is 2.67. The fraction of sp³-hybridized carbons (Fsp3) is 0. The predicted molar refractivity (Wildman–Crippen MR) is 88.2 cm³/mol. The SMILES string of the molecule is O=C(Nc1ccccc1)c1cncc(Nc2ccc(F)c(F)c2F)c1. The molecule has 0 atom stereocenters. The van der Waals surface area contributed by atoms with E-state index in [4.69, 9.17) is 0 Å². The van der Waals surface area contributed by atoms with Crippen molar-refractivity contribution in [1.82, 2.24) is 4.98 Å². The Kier molecular flexibility index (Phi) is 4.65. The summed E-state index contributed by atoms with van der Waals surface area (Å²) in [5.74, 6) is -4.61. The van der Waals surface area contributed by atoms with Gasteiger partial charge in [0.15, 0.2) is 17.5 Å². The molecule has 0 saturated heterocycles. The van der Waals surface area contributed by atoms with Crippen LogP contribution in [0.1, 0.15) is 10.4 Å². The van der Waals surface area contributed by atoms with Crippen molar-refractivity contribution in [2.75, 3.05) is 10.6 Å². The maximum Gasteiger partial charge on any atom is 0.257 e. The van der Waals surface area contributed by atoms with Crippen LogP contribution >= 0.6 is 0 Å². The van der Waals surface area contributed by atoms with Crippen molar-refractivity contribution in [2.45, 2.75) is 0 Å². The smallest absolute Gasteiger partial charge is 0.257 e. The van der Waals surface area contributed by atoms with E-state index in [1.807, 2.05) is 6.07 Å². The van der Waals surface area contributed by atoms with Gasteiger partial charge in [0.25, 0.3) is 5.91 Å². The predicted octanol–water partition coefficient (Wildman–Crippen LogP) is 4.49. The topological polar surface area (TPSA) is 54.0 Å². The highest BCUT2D eigenvalue weighted by Gasteiger charge is 2.14. The molecule has 2 aromatic carbocycles. The van der Waals surface area contributed by atoms with E-state index in [0.29, 0.717) is 5.69 Å². The molecule has 1 heterocycles. The average Bonchev–Trinajstić information content (AvgIpc) is 2.63. The van der Waals surface area contributed by atoms with Crippen molar-refractivity contribution in [3.63, 3.8) is 0 Å². The van der Waals surface area contributed by atoms with Gasteiger partial charge in [0.2, 0.25) is 0 Å². The molecule has 0 aliphatic rings. The molecule has 0 bridgehead atoms. The molecular formula is C18H12F3N3O. The molecule has 0 spiro atoms. The van der Waals surface area contributed by atoms with Crippen molar-refractivity contribution in [3.05, 3.63) is 83.9 Å². The monoisotopic (exact) mass is 343 g/mol. The van der Waals surface area contributed by atoms with Crippen LogP contribution in [0.15, 0.2) is 60.9 Å². The van der Waals surface area contributed by atoms with Gasteiger partial charge in [-0.1, -0.05) is 18.2 Å². The molecule has 0 aliphatic heterocycles. The zero-order valence-corrected chi connectivity index (χ0v) is 12.8. The molecule has 4 nitrogen and oxygen atoms in total. The van der Waals surface area contributed by atoms with Gasteiger partial charge < -0.3 is 10.6 Å². The Morgan fingerprint density at radius 1 is 0.880 bits per heavy atom. The highest BCUT2D eigenvalue weighted by atomic mass is 19.2. The van der Waals surface area contributed by atoms with E-state index < -0.39 is 23.4 Å². The quantitative estimate of drug-likeness (QED) is 0.686. The van der Waals surface area contributed by atoms with Crippen LogP contribution in [0, 0.1) is 17.5 Å². The summed E-state index contributed by atoms with van der Waals surface area (Å²) in [5.41, 5.74) is 0.821. The number of amides is 1. The molecule has 25 heavy (non-hydrogen) atoms. The second-order valence-corrected chi connectivity index (χ2v) is 5.13. The van der Waals surface area contributed by atoms with Crippen molar-refractivity contribution < 1.29 is 18.0 Å². The van der Waals surface area contributed by atoms with Crippen LogP contribution in [-0.2, 0) is 0 Å². The number of anilines is 3. The lowest BCUT2D eigenvalue weighted by atomic mass is 10.2. The van der Waals surface area contributed by atoms with Gasteiger partial charge in [0.05, 0.1) is 23.1 Å². The van der Waals surface area contributed by atoms with Gasteiger partial charge in [-0.3, -0.25) is 9.78 Å². The first-order chi connectivity index (χ1) is 12.0. The van der Waals surface area contributed by atoms with Gasteiger partial charge in [0, 0.05) is 11.9 Å². The Labute approximate surface area is 141 Å². The third-order valence-corrected chi connectivity index (χ3v) is 3.35. The molecule has 126 valence electrons. The fourth-order valence-electron chi connectivity index (χ4n) is 2.14. The van der Waals surface area contributed by atoms with E-state index in [1.165, 1.54) is 18.5 Å². The van der Waals surface area contributed by atoms with Gasteiger partial charge in [-0.25, -0.2) is 13.2 Å². The summed E-state index contributed by atoms with van der Waals surface area (Å²) in [6.45, 7) is 0. The fourth-order valence-corrected chi connectivity index (χ4v) is 2.14. The summed E-state index contributed by atoms with van der Waals surface area (Å²) >= 11 is 0. The number of hydrogen-bond acceptors (Lipinski definition) is 3. The van der Waals surface area contributed by atoms with E-state index >= 15 is 0 Å². The van der Waals surface area contributed by atoms with E-state index in [2.05, 4.69) is 15.6 Å². The summed E-state index contributed by atoms with van der Waals surface area (Å²) < 4.78 is 40.0. The zero-order valence-electron chi connectivity index (χ0n) is 12.8. The van der Waals surface area contributed by atoms with Crippen molar-refractivity contribution >= 4 is 23.0 Å². The molecule has 0 radical (unpaired) electrons. The maximum atomic E-state index is 13.7. The highest BCUT2D eigenvalue weighted by Crippen LogP contribution is 2.23. The molecule has 2 N–H and O–H groups in total. The number of para-hydroxylation sites is 1. The van der Waals surface area contributed by atoms with E-state index in [1.54, 1.807) is 24.3 Å². The van der Waals surface area contributed by atoms with Gasteiger partial charge in [-0.2, -0.15) is 0 Å². The number of rotatable bonds is 4. The standard InChI is InChI=1S/C18H12F3N3O/c19-14-6-7-15(17(21)16(14)20)23-13-8-11(9-22-10-13)18(25)24-12-4-2-1-3-5-12/h1-10,23H,(H,24,25). The van der Waals surface area contributed by atoms with Crippen LogP contribution in [0.5, 0.6) is 0 Å². The average molecular weight is 343 g/mol. The molecule has 3 aromatic rings. The Morgan fingerprint density at radius 3 is 2.40 bits per heavy atom. The molecule has 7 heteroatoms. The number of carbonyl (C=O) groups is 1. The van der Waals surface area contributed by atoms with Gasteiger partial charge in [-0.15, -0.1) is 0 Å². The van der Waals surface area contributed by atoms with Gasteiger partial charge in [-0.05, 0) is 30.3 Å². The summed E-state index contributed by atoms with van der Waals surface area (Å²) in [6, 6.07) is 12.1. The second kappa shape index (κ2) is 7.04. The van der Waals surface area contributed by atoms with Crippen LogP contribution in [0.4, 0.5) is 30.2 Å². The zero-order chi connectivity index (χ0) is 17.8. The van der Waals surface area contributed by atoms with E-state index in [9.17, 15) is 18.0 Å². The number of nitrogens with one attached hydrogen (secondary N) is 2. The minimum absolute atomic E-state index is 0.219. The number of hydrogen-bond donors (Lipinski definition) is 2. The highest BCUT2D eigenvalue weighted by molar-refractivity contribution is 6.04. The Hall–Kier alpha value is -3.35. The molecule has 0 aliphatic carbocycles. The lowest BCUT2D eigenvalue weighted by Crippen LogP contribution is -2.12. The molecule has 1 amide bonds. The van der Waals surface area contributed by atoms with Crippen molar-refractivity contribution in [3.8, 4) is 0 Å². The van der Waals surface area contributed by atoms with Crippen molar-refractivity contribution in [2.24, 2.45) is 0 Å². The van der Waals surface area contributed by atoms with Gasteiger partial charge in [0.1, 0.15) is 0 Å². The Bertz CT molecular complexity index is 917. The largest absolute Gasteiger partial charge is 0.352 e.